The first kappa shape index (κ1) is 38.8. The third-order valence-corrected chi connectivity index (χ3v) is 11.7. The molecule has 0 aliphatic carbocycles. The maximum absolute atomic E-state index is 7.19. The second kappa shape index (κ2) is 18.7. The second-order valence-electron chi connectivity index (χ2n) is 15.0. The monoisotopic (exact) mass is 630 g/mol. The number of rotatable bonds is 20. The van der Waals surface area contributed by atoms with E-state index in [-0.39, 0.29) is 17.7 Å². The van der Waals surface area contributed by atoms with Crippen LogP contribution in [0.1, 0.15) is 149 Å². The Hall–Kier alpha value is -1.34. The van der Waals surface area contributed by atoms with Gasteiger partial charge in [0.05, 0.1) is 0 Å². The summed E-state index contributed by atoms with van der Waals surface area (Å²) in [5.74, 6) is 4.48. The van der Waals surface area contributed by atoms with Crippen molar-refractivity contribution in [3.05, 3.63) is 33.7 Å². The molecule has 1 unspecified atom stereocenters. The lowest BCUT2D eigenvalue weighted by atomic mass is 9.84. The fraction of sp³-hybridized carbons (Fsp3) is 0.816. The summed E-state index contributed by atoms with van der Waals surface area (Å²) in [5.41, 5.74) is 4.65. The highest BCUT2D eigenvalue weighted by atomic mass is 31.2. The largest absolute Gasteiger partial charge is 0.487 e. The summed E-state index contributed by atoms with van der Waals surface area (Å²) in [6, 6.07) is 0.534. The van der Waals surface area contributed by atoms with Crippen LogP contribution in [0.3, 0.4) is 0 Å². The van der Waals surface area contributed by atoms with Crippen molar-refractivity contribution in [3.8, 4) is 11.5 Å². The molecule has 0 saturated carbocycles. The molecule has 0 amide bonds. The normalized spacial score (nSPS) is 18.8. The van der Waals surface area contributed by atoms with Crippen molar-refractivity contribution in [2.45, 2.75) is 171 Å². The van der Waals surface area contributed by atoms with Crippen LogP contribution in [0.5, 0.6) is 11.5 Å². The SMILES string of the molecule is [C-]#[N+]CCOP(Oc1c(C)c(C)c2c(c1C)CC[C@@](C)(CCC[C@H](C)CCC[C@H](C)CCCC(C)C)O2)N(C(C)C)C(C)C. The number of ether oxygens (including phenoxy) is 1. The van der Waals surface area contributed by atoms with Gasteiger partial charge in [0.15, 0.2) is 0 Å². The molecule has 0 fully saturated rings. The molecular formula is C38H67N2O3P. The summed E-state index contributed by atoms with van der Waals surface area (Å²) in [6.45, 7) is 35.0. The first-order valence-corrected chi connectivity index (χ1v) is 18.9. The van der Waals surface area contributed by atoms with Crippen LogP contribution in [0, 0.1) is 45.1 Å². The molecule has 1 heterocycles. The summed E-state index contributed by atoms with van der Waals surface area (Å²) in [5, 5.41) is 0. The topological polar surface area (TPSA) is 35.3 Å². The van der Waals surface area contributed by atoms with Gasteiger partial charge in [-0.3, -0.25) is 0 Å². The summed E-state index contributed by atoms with van der Waals surface area (Å²) < 4.78 is 22.2. The summed E-state index contributed by atoms with van der Waals surface area (Å²) >= 11 is 0. The van der Waals surface area contributed by atoms with Gasteiger partial charge in [-0.1, -0.05) is 72.6 Å². The highest BCUT2D eigenvalue weighted by Gasteiger charge is 2.36. The lowest BCUT2D eigenvalue weighted by Gasteiger charge is -2.39. The minimum absolute atomic E-state index is 0.120. The van der Waals surface area contributed by atoms with Crippen LogP contribution < -0.4 is 9.26 Å². The molecule has 1 aliphatic rings. The van der Waals surface area contributed by atoms with Crippen LogP contribution in [-0.2, 0) is 10.9 Å². The zero-order valence-electron chi connectivity index (χ0n) is 30.6. The molecule has 1 aromatic carbocycles. The highest BCUT2D eigenvalue weighted by molar-refractivity contribution is 7.45. The van der Waals surface area contributed by atoms with Crippen LogP contribution in [0.4, 0.5) is 0 Å². The summed E-state index contributed by atoms with van der Waals surface area (Å²) in [4.78, 5) is 3.49. The number of benzene rings is 1. The van der Waals surface area contributed by atoms with Crippen molar-refractivity contribution >= 4 is 8.53 Å². The van der Waals surface area contributed by atoms with E-state index in [9.17, 15) is 0 Å². The van der Waals surface area contributed by atoms with Crippen molar-refractivity contribution in [2.24, 2.45) is 17.8 Å². The smallest absolute Gasteiger partial charge is 0.321 e. The van der Waals surface area contributed by atoms with Crippen molar-refractivity contribution < 1.29 is 13.8 Å². The van der Waals surface area contributed by atoms with E-state index in [2.05, 4.69) is 92.6 Å². The van der Waals surface area contributed by atoms with Crippen LogP contribution in [0.15, 0.2) is 0 Å². The Bertz CT molecular complexity index is 1040. The first-order valence-electron chi connectivity index (χ1n) is 17.7. The maximum atomic E-state index is 7.19. The molecule has 1 aliphatic heterocycles. The molecule has 1 aromatic rings. The Morgan fingerprint density at radius 2 is 1.41 bits per heavy atom. The van der Waals surface area contributed by atoms with Gasteiger partial charge in [0.2, 0.25) is 6.54 Å². The molecule has 0 aromatic heterocycles. The average Bonchev–Trinajstić information content (AvgIpc) is 2.93. The Balaban J connectivity index is 2.03. The zero-order chi connectivity index (χ0) is 33.0. The molecule has 252 valence electrons. The Morgan fingerprint density at radius 1 is 0.841 bits per heavy atom. The van der Waals surface area contributed by atoms with Crippen molar-refractivity contribution in [3.63, 3.8) is 0 Å². The molecule has 6 heteroatoms. The molecule has 4 atom stereocenters. The molecule has 0 N–H and O–H groups in total. The first-order chi connectivity index (χ1) is 20.7. The molecular weight excluding hydrogens is 563 g/mol. The van der Waals surface area contributed by atoms with Gasteiger partial charge in [0.1, 0.15) is 23.7 Å². The minimum atomic E-state index is -1.35. The van der Waals surface area contributed by atoms with E-state index in [0.717, 1.165) is 54.1 Å². The predicted octanol–water partition coefficient (Wildman–Crippen LogP) is 11.8. The van der Waals surface area contributed by atoms with E-state index in [1.807, 2.05) is 0 Å². The fourth-order valence-corrected chi connectivity index (χ4v) is 8.46. The lowest BCUT2D eigenvalue weighted by molar-refractivity contribution is 0.0512. The Labute approximate surface area is 274 Å². The quantitative estimate of drug-likeness (QED) is 0.0816. The predicted molar refractivity (Wildman–Crippen MR) is 190 cm³/mol. The van der Waals surface area contributed by atoms with Gasteiger partial charge in [-0.2, -0.15) is 0 Å². The van der Waals surface area contributed by atoms with Crippen LogP contribution in [0.25, 0.3) is 4.85 Å². The van der Waals surface area contributed by atoms with Gasteiger partial charge >= 0.3 is 8.53 Å². The number of fused-ring (bicyclic) bond motifs is 1. The Morgan fingerprint density at radius 3 is 1.95 bits per heavy atom. The van der Waals surface area contributed by atoms with E-state index in [1.54, 1.807) is 0 Å². The fourth-order valence-electron chi connectivity index (χ4n) is 6.75. The zero-order valence-corrected chi connectivity index (χ0v) is 31.5. The average molecular weight is 631 g/mol. The van der Waals surface area contributed by atoms with Crippen molar-refractivity contribution in [2.75, 3.05) is 13.2 Å². The third-order valence-electron chi connectivity index (χ3n) is 9.66. The van der Waals surface area contributed by atoms with E-state index in [0.29, 0.717) is 13.2 Å². The van der Waals surface area contributed by atoms with Gasteiger partial charge in [0.25, 0.3) is 0 Å². The van der Waals surface area contributed by atoms with E-state index >= 15 is 0 Å². The highest BCUT2D eigenvalue weighted by Crippen LogP contribution is 2.51. The molecule has 2 rings (SSSR count). The van der Waals surface area contributed by atoms with Crippen molar-refractivity contribution in [1.29, 1.82) is 0 Å². The number of hydrogen-bond donors (Lipinski definition) is 0. The molecule has 0 saturated heterocycles. The van der Waals surface area contributed by atoms with Gasteiger partial charge < -0.3 is 18.6 Å². The Kier molecular flexibility index (Phi) is 16.5. The van der Waals surface area contributed by atoms with E-state index in [4.69, 9.17) is 20.4 Å². The van der Waals surface area contributed by atoms with E-state index < -0.39 is 8.53 Å². The summed E-state index contributed by atoms with van der Waals surface area (Å²) in [7, 11) is -1.35. The number of hydrogen-bond acceptors (Lipinski definition) is 4. The lowest BCUT2D eigenvalue weighted by Crippen LogP contribution is -2.37. The van der Waals surface area contributed by atoms with Gasteiger partial charge in [-0.15, -0.1) is 0 Å². The van der Waals surface area contributed by atoms with Crippen LogP contribution >= 0.6 is 8.53 Å². The van der Waals surface area contributed by atoms with Crippen molar-refractivity contribution in [1.82, 2.24) is 4.67 Å². The molecule has 0 bridgehead atoms. The van der Waals surface area contributed by atoms with Gasteiger partial charge in [-0.05, 0) is 116 Å². The molecule has 5 nitrogen and oxygen atoms in total. The number of nitrogens with zero attached hydrogens (tertiary/aromatic N) is 2. The second-order valence-corrected chi connectivity index (χ2v) is 16.4. The standard InChI is InChI=1S/C38H67N2O3P/c1-27(2)17-14-18-30(7)19-15-20-31(8)21-16-23-38(12)24-22-35-34(11)36(32(9)33(10)37(35)42-38)43-44(41-26-25-39-13)40(28(3)4)29(5)6/h27-31H,14-26H2,1-12H3/t30-,31-,38-,44?/m1/s1. The van der Waals surface area contributed by atoms with Crippen LogP contribution in [0.2, 0.25) is 0 Å². The maximum Gasteiger partial charge on any atom is 0.321 e. The van der Waals surface area contributed by atoms with Crippen LogP contribution in [-0.4, -0.2) is 35.5 Å². The van der Waals surface area contributed by atoms with E-state index in [1.165, 1.54) is 68.1 Å². The van der Waals surface area contributed by atoms with Gasteiger partial charge in [-0.25, -0.2) is 11.2 Å². The minimum Gasteiger partial charge on any atom is -0.487 e. The molecule has 44 heavy (non-hydrogen) atoms. The van der Waals surface area contributed by atoms with Gasteiger partial charge in [0, 0.05) is 17.6 Å². The molecule has 0 radical (unpaired) electrons. The summed E-state index contributed by atoms with van der Waals surface area (Å²) in [6.07, 6.45) is 13.9. The third kappa shape index (κ3) is 11.8. The molecule has 0 spiro atoms.